The fraction of sp³-hybridized carbons (Fsp3) is 0.667. The summed E-state index contributed by atoms with van der Waals surface area (Å²) in [5.41, 5.74) is 0. The molecule has 0 saturated carbocycles. The summed E-state index contributed by atoms with van der Waals surface area (Å²) in [5.74, 6) is 2.36. The zero-order valence-electron chi connectivity index (χ0n) is 19.0. The van der Waals surface area contributed by atoms with Crippen LogP contribution in [0.4, 0.5) is 23.8 Å². The van der Waals surface area contributed by atoms with Crippen molar-refractivity contribution in [3.05, 3.63) is 0 Å². The van der Waals surface area contributed by atoms with Gasteiger partial charge in [-0.1, -0.05) is 26.7 Å². The number of hydrogen-bond donors (Lipinski definition) is 4. The monoisotopic (exact) mass is 516 g/mol. The van der Waals surface area contributed by atoms with Crippen LogP contribution in [0, 0.1) is 0 Å². The highest BCUT2D eigenvalue weighted by atomic mass is 33.7. The van der Waals surface area contributed by atoms with Crippen LogP contribution in [0.3, 0.4) is 0 Å². The maximum Gasteiger partial charge on any atom is 0.228 e. The van der Waals surface area contributed by atoms with Crippen molar-refractivity contribution in [1.29, 1.82) is 0 Å². The molecule has 0 saturated heterocycles. The summed E-state index contributed by atoms with van der Waals surface area (Å²) in [6.07, 6.45) is 4.38. The largest absolute Gasteiger partial charge is 0.354 e. The molecule has 10 nitrogen and oxygen atoms in total. The van der Waals surface area contributed by atoms with E-state index in [0.717, 1.165) is 51.9 Å². The van der Waals surface area contributed by atoms with Crippen LogP contribution in [0.5, 0.6) is 0 Å². The number of nitrogens with zero attached hydrogens (tertiary/aromatic N) is 6. The van der Waals surface area contributed by atoms with Crippen LogP contribution in [0.25, 0.3) is 0 Å². The number of anilines is 4. The van der Waals surface area contributed by atoms with Gasteiger partial charge in [0.25, 0.3) is 0 Å². The van der Waals surface area contributed by atoms with Gasteiger partial charge in [0.2, 0.25) is 34.1 Å². The van der Waals surface area contributed by atoms with Gasteiger partial charge in [0, 0.05) is 26.2 Å². The maximum atomic E-state index is 4.51. The Labute approximate surface area is 205 Å². The summed E-state index contributed by atoms with van der Waals surface area (Å²) in [5, 5.41) is 14.2. The van der Waals surface area contributed by atoms with Gasteiger partial charge in [-0.25, -0.2) is 0 Å². The predicted molar refractivity (Wildman–Crippen MR) is 142 cm³/mol. The minimum atomic E-state index is 0.581. The number of unbranched alkanes of at least 4 members (excludes halogenated alkanes) is 2. The maximum absolute atomic E-state index is 4.51. The Kier molecular flexibility index (Phi) is 13.7. The third-order valence-corrected chi connectivity index (χ3v) is 9.32. The standard InChI is InChI=1S/C18H32N10S4/c1-5-9-11-21-15-23-13(19-7-3)25-17(27-15)29-31-32-30-18-26-14(20-8-4)24-16(28-18)22-12-10-6-2/h5-12H2,1-4H3,(H2,19,21,23,25,27)(H2,20,22,24,26,28). The first-order valence-electron chi connectivity index (χ1n) is 10.8. The van der Waals surface area contributed by atoms with Gasteiger partial charge >= 0.3 is 0 Å². The molecule has 0 aliphatic rings. The first-order chi connectivity index (χ1) is 15.7. The molecule has 0 amide bonds. The second-order valence-electron chi connectivity index (χ2n) is 6.45. The molecule has 0 spiro atoms. The summed E-state index contributed by atoms with van der Waals surface area (Å²) >= 11 is 0. The smallest absolute Gasteiger partial charge is 0.228 e. The fourth-order valence-electron chi connectivity index (χ4n) is 2.26. The van der Waals surface area contributed by atoms with E-state index in [4.69, 9.17) is 0 Å². The van der Waals surface area contributed by atoms with E-state index in [0.29, 0.717) is 34.1 Å². The van der Waals surface area contributed by atoms with E-state index in [1.54, 1.807) is 19.7 Å². The average molecular weight is 517 g/mol. The molecule has 0 aromatic carbocycles. The lowest BCUT2D eigenvalue weighted by atomic mass is 10.3. The van der Waals surface area contributed by atoms with Gasteiger partial charge in [-0.05, 0) is 67.9 Å². The van der Waals surface area contributed by atoms with Gasteiger partial charge in [0.1, 0.15) is 0 Å². The lowest BCUT2D eigenvalue weighted by molar-refractivity contribution is 0.814. The van der Waals surface area contributed by atoms with Crippen LogP contribution in [-0.4, -0.2) is 56.1 Å². The Morgan fingerprint density at radius 3 is 1.25 bits per heavy atom. The molecule has 4 N–H and O–H groups in total. The van der Waals surface area contributed by atoms with E-state index < -0.39 is 0 Å². The third-order valence-electron chi connectivity index (χ3n) is 3.77. The second kappa shape index (κ2) is 16.3. The zero-order valence-corrected chi connectivity index (χ0v) is 22.2. The van der Waals surface area contributed by atoms with Crippen LogP contribution >= 0.6 is 41.2 Å². The van der Waals surface area contributed by atoms with E-state index >= 15 is 0 Å². The molecule has 0 aliphatic carbocycles. The number of hydrogen-bond acceptors (Lipinski definition) is 14. The van der Waals surface area contributed by atoms with Crippen molar-refractivity contribution in [3.63, 3.8) is 0 Å². The summed E-state index contributed by atoms with van der Waals surface area (Å²) in [7, 11) is 6.08. The number of aromatic nitrogens is 6. The van der Waals surface area contributed by atoms with Crippen LogP contribution in [0.2, 0.25) is 0 Å². The molecule has 0 aliphatic heterocycles. The Balaban J connectivity index is 1.93. The van der Waals surface area contributed by atoms with Crippen molar-refractivity contribution in [2.75, 3.05) is 47.4 Å². The van der Waals surface area contributed by atoms with Crippen LogP contribution in [0.1, 0.15) is 53.4 Å². The molecule has 2 rings (SSSR count). The highest BCUT2D eigenvalue weighted by Crippen LogP contribution is 2.47. The van der Waals surface area contributed by atoms with Crippen molar-refractivity contribution in [2.24, 2.45) is 0 Å². The van der Waals surface area contributed by atoms with E-state index in [9.17, 15) is 0 Å². The van der Waals surface area contributed by atoms with Crippen LogP contribution in [-0.2, 0) is 0 Å². The molecule has 2 aromatic rings. The molecule has 2 aromatic heterocycles. The summed E-state index contributed by atoms with van der Waals surface area (Å²) in [4.78, 5) is 26.8. The second-order valence-corrected chi connectivity index (χ2v) is 12.1. The molecule has 2 heterocycles. The Hall–Kier alpha value is -1.38. The van der Waals surface area contributed by atoms with Gasteiger partial charge in [0.15, 0.2) is 0 Å². The van der Waals surface area contributed by atoms with Gasteiger partial charge < -0.3 is 21.3 Å². The topological polar surface area (TPSA) is 125 Å². The first kappa shape index (κ1) is 26.9. The van der Waals surface area contributed by atoms with Crippen molar-refractivity contribution < 1.29 is 0 Å². The normalized spacial score (nSPS) is 10.8. The number of rotatable bonds is 17. The Morgan fingerprint density at radius 1 is 0.531 bits per heavy atom. The average Bonchev–Trinajstić information content (AvgIpc) is 2.77. The lowest BCUT2D eigenvalue weighted by Gasteiger charge is -2.09. The van der Waals surface area contributed by atoms with E-state index in [2.05, 4.69) is 65.0 Å². The SMILES string of the molecule is CCCCNc1nc(NCC)nc(SSSSc2nc(NCC)nc(NCCCC)n2)n1. The highest BCUT2D eigenvalue weighted by molar-refractivity contribution is 9.26. The van der Waals surface area contributed by atoms with Gasteiger partial charge in [-0.2, -0.15) is 29.9 Å². The van der Waals surface area contributed by atoms with Crippen molar-refractivity contribution in [3.8, 4) is 0 Å². The van der Waals surface area contributed by atoms with Gasteiger partial charge in [-0.15, -0.1) is 0 Å². The molecular formula is C18H32N10S4. The highest BCUT2D eigenvalue weighted by Gasteiger charge is 2.10. The summed E-state index contributed by atoms with van der Waals surface area (Å²) < 4.78 is 0. The molecule has 0 unspecified atom stereocenters. The van der Waals surface area contributed by atoms with Gasteiger partial charge in [0.05, 0.1) is 0 Å². The van der Waals surface area contributed by atoms with Crippen molar-refractivity contribution >= 4 is 65.0 Å². The first-order valence-corrected chi connectivity index (χ1v) is 15.7. The molecular weight excluding hydrogens is 485 g/mol. The van der Waals surface area contributed by atoms with Crippen LogP contribution < -0.4 is 21.3 Å². The van der Waals surface area contributed by atoms with Crippen LogP contribution in [0.15, 0.2) is 10.3 Å². The van der Waals surface area contributed by atoms with E-state index in [1.165, 1.54) is 21.6 Å². The third kappa shape index (κ3) is 10.5. The van der Waals surface area contributed by atoms with E-state index in [1.807, 2.05) is 13.8 Å². The Morgan fingerprint density at radius 2 is 0.906 bits per heavy atom. The zero-order chi connectivity index (χ0) is 23.0. The molecule has 178 valence electrons. The van der Waals surface area contributed by atoms with Crippen molar-refractivity contribution in [2.45, 2.75) is 63.7 Å². The molecule has 32 heavy (non-hydrogen) atoms. The summed E-state index contributed by atoms with van der Waals surface area (Å²) in [6, 6.07) is 0. The molecule has 14 heteroatoms. The number of nitrogens with one attached hydrogen (secondary N) is 4. The van der Waals surface area contributed by atoms with Crippen molar-refractivity contribution in [1.82, 2.24) is 29.9 Å². The minimum Gasteiger partial charge on any atom is -0.354 e. The van der Waals surface area contributed by atoms with Gasteiger partial charge in [-0.3, -0.25) is 0 Å². The quantitative estimate of drug-likeness (QED) is 0.157. The summed E-state index contributed by atoms with van der Waals surface area (Å²) in [6.45, 7) is 11.5. The Bertz CT molecular complexity index is 733. The van der Waals surface area contributed by atoms with E-state index in [-0.39, 0.29) is 0 Å². The lowest BCUT2D eigenvalue weighted by Crippen LogP contribution is -2.10. The molecule has 0 bridgehead atoms. The molecule has 0 fully saturated rings. The minimum absolute atomic E-state index is 0.581. The molecule has 0 radical (unpaired) electrons. The fourth-order valence-corrected chi connectivity index (χ4v) is 7.01. The molecule has 0 atom stereocenters. The predicted octanol–water partition coefficient (Wildman–Crippen LogP) is 5.44.